The Morgan fingerprint density at radius 1 is 1.00 bits per heavy atom. The van der Waals surface area contributed by atoms with Gasteiger partial charge in [-0.15, -0.1) is 0 Å². The first-order chi connectivity index (χ1) is 14.1. The first-order valence-electron chi connectivity index (χ1n) is 9.04. The molecule has 2 aromatic carbocycles. The van der Waals surface area contributed by atoms with Crippen molar-refractivity contribution in [3.8, 4) is 11.5 Å². The SMILES string of the molecule is O=C(CCC(=O)OCC(=O)c1ccc2c(c1)OCO2)Nc1ccc2cc[nH]c2c1. The molecule has 0 fully saturated rings. The quantitative estimate of drug-likeness (QED) is 0.471. The molecule has 1 aromatic heterocycles. The highest BCUT2D eigenvalue weighted by atomic mass is 16.7. The third kappa shape index (κ3) is 4.37. The Labute approximate surface area is 165 Å². The number of rotatable bonds is 7. The summed E-state index contributed by atoms with van der Waals surface area (Å²) >= 11 is 0. The number of hydrogen-bond acceptors (Lipinski definition) is 6. The fourth-order valence-corrected chi connectivity index (χ4v) is 2.94. The monoisotopic (exact) mass is 394 g/mol. The lowest BCUT2D eigenvalue weighted by atomic mass is 10.1. The molecule has 0 spiro atoms. The lowest BCUT2D eigenvalue weighted by Crippen LogP contribution is -2.17. The van der Waals surface area contributed by atoms with E-state index in [1.165, 1.54) is 0 Å². The average Bonchev–Trinajstić information content (AvgIpc) is 3.38. The Bertz CT molecular complexity index is 1090. The van der Waals surface area contributed by atoms with Gasteiger partial charge in [-0.2, -0.15) is 0 Å². The predicted molar refractivity (Wildman–Crippen MR) is 104 cm³/mol. The smallest absolute Gasteiger partial charge is 0.306 e. The van der Waals surface area contributed by atoms with E-state index in [2.05, 4.69) is 10.3 Å². The molecule has 0 saturated carbocycles. The molecule has 0 saturated heterocycles. The third-order valence-electron chi connectivity index (χ3n) is 4.45. The van der Waals surface area contributed by atoms with Gasteiger partial charge in [0, 0.05) is 29.4 Å². The number of benzene rings is 2. The van der Waals surface area contributed by atoms with Crippen LogP contribution in [-0.2, 0) is 14.3 Å². The zero-order valence-electron chi connectivity index (χ0n) is 15.4. The minimum Gasteiger partial charge on any atom is -0.457 e. The molecular weight excluding hydrogens is 376 g/mol. The summed E-state index contributed by atoms with van der Waals surface area (Å²) in [6.45, 7) is -0.285. The van der Waals surface area contributed by atoms with Crippen molar-refractivity contribution in [3.05, 3.63) is 54.2 Å². The standard InChI is InChI=1S/C21H18N2O6/c24-17(14-2-4-18-19(9-14)29-12-28-18)11-27-21(26)6-5-20(25)23-15-3-1-13-7-8-22-16(13)10-15/h1-4,7-10,22H,5-6,11-12H2,(H,23,25). The van der Waals surface area contributed by atoms with Crippen molar-refractivity contribution in [1.82, 2.24) is 4.98 Å². The van der Waals surface area contributed by atoms with E-state index < -0.39 is 12.6 Å². The van der Waals surface area contributed by atoms with Crippen LogP contribution in [0.25, 0.3) is 10.9 Å². The van der Waals surface area contributed by atoms with Crippen molar-refractivity contribution < 1.29 is 28.6 Å². The van der Waals surface area contributed by atoms with E-state index in [-0.39, 0.29) is 31.3 Å². The minimum atomic E-state index is -0.617. The van der Waals surface area contributed by atoms with Gasteiger partial charge in [0.05, 0.1) is 6.42 Å². The van der Waals surface area contributed by atoms with Crippen LogP contribution in [0.15, 0.2) is 48.7 Å². The van der Waals surface area contributed by atoms with Crippen LogP contribution in [0.1, 0.15) is 23.2 Å². The van der Waals surface area contributed by atoms with Crippen molar-refractivity contribution in [2.75, 3.05) is 18.7 Å². The van der Waals surface area contributed by atoms with Gasteiger partial charge in [0.15, 0.2) is 23.9 Å². The number of H-pyrrole nitrogens is 1. The number of aromatic amines is 1. The minimum absolute atomic E-state index is 0.0419. The number of hydrogen-bond donors (Lipinski definition) is 2. The van der Waals surface area contributed by atoms with Gasteiger partial charge in [0.2, 0.25) is 12.7 Å². The maximum absolute atomic E-state index is 12.2. The molecule has 8 nitrogen and oxygen atoms in total. The summed E-state index contributed by atoms with van der Waals surface area (Å²) in [5.41, 5.74) is 1.90. The second kappa shape index (κ2) is 8.05. The van der Waals surface area contributed by atoms with E-state index in [9.17, 15) is 14.4 Å². The van der Waals surface area contributed by atoms with Crippen LogP contribution in [0, 0.1) is 0 Å². The highest BCUT2D eigenvalue weighted by Crippen LogP contribution is 2.32. The van der Waals surface area contributed by atoms with E-state index >= 15 is 0 Å². The van der Waals surface area contributed by atoms with Crippen LogP contribution >= 0.6 is 0 Å². The summed E-state index contributed by atoms with van der Waals surface area (Å²) in [4.78, 5) is 39.1. The topological polar surface area (TPSA) is 107 Å². The molecule has 1 amide bonds. The molecule has 0 atom stereocenters. The Morgan fingerprint density at radius 3 is 2.76 bits per heavy atom. The lowest BCUT2D eigenvalue weighted by molar-refractivity contribution is -0.143. The van der Waals surface area contributed by atoms with Crippen molar-refractivity contribution in [1.29, 1.82) is 0 Å². The molecular formula is C21H18N2O6. The first kappa shape index (κ1) is 18.5. The second-order valence-corrected chi connectivity index (χ2v) is 6.48. The Balaban J connectivity index is 1.22. The summed E-state index contributed by atoms with van der Waals surface area (Å²) in [7, 11) is 0. The zero-order valence-corrected chi connectivity index (χ0v) is 15.4. The average molecular weight is 394 g/mol. The molecule has 0 radical (unpaired) electrons. The summed E-state index contributed by atoms with van der Waals surface area (Å²) < 4.78 is 15.4. The maximum Gasteiger partial charge on any atom is 0.306 e. The highest BCUT2D eigenvalue weighted by Gasteiger charge is 2.17. The van der Waals surface area contributed by atoms with E-state index in [1.807, 2.05) is 24.4 Å². The number of ether oxygens (including phenoxy) is 3. The highest BCUT2D eigenvalue weighted by molar-refractivity contribution is 5.99. The first-order valence-corrected chi connectivity index (χ1v) is 9.04. The van der Waals surface area contributed by atoms with Gasteiger partial charge in [-0.05, 0) is 41.8 Å². The summed E-state index contributed by atoms with van der Waals surface area (Å²) in [6, 6.07) is 12.2. The van der Waals surface area contributed by atoms with E-state index in [4.69, 9.17) is 14.2 Å². The number of amides is 1. The Hall–Kier alpha value is -3.81. The number of aromatic nitrogens is 1. The Kier molecular flexibility index (Phi) is 5.15. The van der Waals surface area contributed by atoms with Crippen molar-refractivity contribution in [2.45, 2.75) is 12.8 Å². The normalized spacial score (nSPS) is 12.0. The molecule has 148 valence electrons. The zero-order chi connectivity index (χ0) is 20.2. The largest absolute Gasteiger partial charge is 0.457 e. The van der Waals surface area contributed by atoms with Crippen LogP contribution in [-0.4, -0.2) is 36.0 Å². The van der Waals surface area contributed by atoms with Gasteiger partial charge < -0.3 is 24.5 Å². The third-order valence-corrected chi connectivity index (χ3v) is 4.45. The van der Waals surface area contributed by atoms with Gasteiger partial charge in [-0.3, -0.25) is 14.4 Å². The number of carbonyl (C=O) groups is 3. The molecule has 0 aliphatic carbocycles. The van der Waals surface area contributed by atoms with Gasteiger partial charge in [-0.1, -0.05) is 6.07 Å². The fourth-order valence-electron chi connectivity index (χ4n) is 2.94. The van der Waals surface area contributed by atoms with Crippen LogP contribution in [0.4, 0.5) is 5.69 Å². The molecule has 4 rings (SSSR count). The number of esters is 1. The second-order valence-electron chi connectivity index (χ2n) is 6.48. The van der Waals surface area contributed by atoms with Crippen LogP contribution in [0.5, 0.6) is 11.5 Å². The van der Waals surface area contributed by atoms with Gasteiger partial charge in [0.25, 0.3) is 0 Å². The number of carbonyl (C=O) groups excluding carboxylic acids is 3. The molecule has 29 heavy (non-hydrogen) atoms. The predicted octanol–water partition coefficient (Wildman–Crippen LogP) is 3.04. The molecule has 2 heterocycles. The molecule has 8 heteroatoms. The summed E-state index contributed by atoms with van der Waals surface area (Å²) in [5.74, 6) is -0.235. The van der Waals surface area contributed by atoms with Crippen molar-refractivity contribution >= 4 is 34.3 Å². The van der Waals surface area contributed by atoms with Gasteiger partial charge in [0.1, 0.15) is 0 Å². The number of fused-ring (bicyclic) bond motifs is 2. The molecule has 0 unspecified atom stereocenters. The van der Waals surface area contributed by atoms with Gasteiger partial charge in [-0.25, -0.2) is 0 Å². The number of nitrogens with one attached hydrogen (secondary N) is 2. The van der Waals surface area contributed by atoms with Crippen molar-refractivity contribution in [3.63, 3.8) is 0 Å². The van der Waals surface area contributed by atoms with E-state index in [0.29, 0.717) is 22.7 Å². The summed E-state index contributed by atoms with van der Waals surface area (Å²) in [5, 5.41) is 3.77. The van der Waals surface area contributed by atoms with E-state index in [1.54, 1.807) is 24.3 Å². The van der Waals surface area contributed by atoms with Crippen LogP contribution in [0.2, 0.25) is 0 Å². The fraction of sp³-hybridized carbons (Fsp3) is 0.190. The molecule has 1 aliphatic rings. The van der Waals surface area contributed by atoms with Crippen LogP contribution in [0.3, 0.4) is 0 Å². The molecule has 3 aromatic rings. The number of anilines is 1. The van der Waals surface area contributed by atoms with E-state index in [0.717, 1.165) is 10.9 Å². The Morgan fingerprint density at radius 2 is 1.86 bits per heavy atom. The maximum atomic E-state index is 12.2. The van der Waals surface area contributed by atoms with Crippen molar-refractivity contribution in [2.24, 2.45) is 0 Å². The lowest BCUT2D eigenvalue weighted by Gasteiger charge is -2.07. The molecule has 0 bridgehead atoms. The number of ketones is 1. The summed E-state index contributed by atoms with van der Waals surface area (Å²) in [6.07, 6.45) is 1.65. The molecule has 2 N–H and O–H groups in total. The van der Waals surface area contributed by atoms with Gasteiger partial charge >= 0.3 is 5.97 Å². The number of Topliss-reactive ketones (excluding diaryl/α,β-unsaturated/α-hetero) is 1. The van der Waals surface area contributed by atoms with Crippen LogP contribution < -0.4 is 14.8 Å². The molecule has 1 aliphatic heterocycles.